The van der Waals surface area contributed by atoms with Crippen molar-refractivity contribution in [2.45, 2.75) is 6.61 Å². The molecule has 0 unspecified atom stereocenters. The van der Waals surface area contributed by atoms with E-state index in [9.17, 15) is 4.79 Å². The van der Waals surface area contributed by atoms with Crippen molar-refractivity contribution in [2.75, 3.05) is 0 Å². The number of hydrogen-bond donors (Lipinski definition) is 1. The van der Waals surface area contributed by atoms with E-state index >= 15 is 0 Å². The van der Waals surface area contributed by atoms with Crippen LogP contribution in [0.1, 0.15) is 16.1 Å². The molecule has 0 fully saturated rings. The number of rotatable bonds is 3. The molecular formula is C12H10N2O2. The summed E-state index contributed by atoms with van der Waals surface area (Å²) >= 11 is 0. The minimum absolute atomic E-state index is 0.0813. The number of hydrogen-bond acceptors (Lipinski definition) is 4. The molecule has 2 aromatic rings. The van der Waals surface area contributed by atoms with Gasteiger partial charge in [-0.3, -0.25) is 14.8 Å². The van der Waals surface area contributed by atoms with Gasteiger partial charge in [0.1, 0.15) is 6.29 Å². The van der Waals surface area contributed by atoms with Crippen LogP contribution >= 0.6 is 0 Å². The summed E-state index contributed by atoms with van der Waals surface area (Å²) < 4.78 is 0. The molecule has 80 valence electrons. The minimum atomic E-state index is -0.0813. The maximum Gasteiger partial charge on any atom is 0.150 e. The largest absolute Gasteiger partial charge is 0.390 e. The SMILES string of the molecule is O=Cc1ccnc(-c2ccc(CO)nc2)c1. The lowest BCUT2D eigenvalue weighted by Gasteiger charge is -2.01. The van der Waals surface area contributed by atoms with Crippen molar-refractivity contribution in [2.24, 2.45) is 0 Å². The second-order valence-electron chi connectivity index (χ2n) is 3.29. The maximum atomic E-state index is 10.6. The van der Waals surface area contributed by atoms with Crippen LogP contribution in [0.15, 0.2) is 36.7 Å². The summed E-state index contributed by atoms with van der Waals surface area (Å²) in [6.07, 6.45) is 3.99. The highest BCUT2D eigenvalue weighted by Crippen LogP contribution is 2.16. The van der Waals surface area contributed by atoms with Gasteiger partial charge in [0.25, 0.3) is 0 Å². The molecule has 2 rings (SSSR count). The van der Waals surface area contributed by atoms with Crippen molar-refractivity contribution in [3.05, 3.63) is 47.9 Å². The normalized spacial score (nSPS) is 10.1. The Balaban J connectivity index is 2.38. The van der Waals surface area contributed by atoms with Crippen molar-refractivity contribution in [3.8, 4) is 11.3 Å². The maximum absolute atomic E-state index is 10.6. The molecule has 0 amide bonds. The quantitative estimate of drug-likeness (QED) is 0.785. The Morgan fingerprint density at radius 2 is 2.12 bits per heavy atom. The van der Waals surface area contributed by atoms with Crippen molar-refractivity contribution in [1.82, 2.24) is 9.97 Å². The van der Waals surface area contributed by atoms with Crippen LogP contribution < -0.4 is 0 Å². The molecule has 2 aromatic heterocycles. The van der Waals surface area contributed by atoms with Crippen LogP contribution in [0.2, 0.25) is 0 Å². The van der Waals surface area contributed by atoms with E-state index in [-0.39, 0.29) is 6.61 Å². The van der Waals surface area contributed by atoms with Crippen LogP contribution in [0.25, 0.3) is 11.3 Å². The second-order valence-corrected chi connectivity index (χ2v) is 3.29. The van der Waals surface area contributed by atoms with Gasteiger partial charge in [0.05, 0.1) is 18.0 Å². The summed E-state index contributed by atoms with van der Waals surface area (Å²) in [5, 5.41) is 8.86. The third kappa shape index (κ3) is 2.12. The van der Waals surface area contributed by atoms with Gasteiger partial charge in [0.15, 0.2) is 0 Å². The third-order valence-corrected chi connectivity index (χ3v) is 2.20. The van der Waals surface area contributed by atoms with Gasteiger partial charge in [0.2, 0.25) is 0 Å². The van der Waals surface area contributed by atoms with Crippen molar-refractivity contribution in [3.63, 3.8) is 0 Å². The average Bonchev–Trinajstić information content (AvgIpc) is 2.39. The zero-order chi connectivity index (χ0) is 11.4. The fourth-order valence-corrected chi connectivity index (χ4v) is 1.35. The van der Waals surface area contributed by atoms with Crippen molar-refractivity contribution >= 4 is 6.29 Å². The number of aromatic nitrogens is 2. The lowest BCUT2D eigenvalue weighted by atomic mass is 10.1. The number of carbonyl (C=O) groups excluding carboxylic acids is 1. The number of aliphatic hydroxyl groups is 1. The van der Waals surface area contributed by atoms with Crippen molar-refractivity contribution < 1.29 is 9.90 Å². The molecule has 0 bridgehead atoms. The van der Waals surface area contributed by atoms with E-state index in [1.165, 1.54) is 0 Å². The standard InChI is InChI=1S/C12H10N2O2/c15-7-9-3-4-13-12(5-9)10-1-2-11(8-16)14-6-10/h1-7,16H,8H2. The zero-order valence-corrected chi connectivity index (χ0v) is 8.50. The molecule has 0 aromatic carbocycles. The molecular weight excluding hydrogens is 204 g/mol. The van der Waals surface area contributed by atoms with Gasteiger partial charge in [-0.25, -0.2) is 0 Å². The predicted molar refractivity (Wildman–Crippen MR) is 58.8 cm³/mol. The number of carbonyl (C=O) groups is 1. The Labute approximate surface area is 92.6 Å². The average molecular weight is 214 g/mol. The van der Waals surface area contributed by atoms with Gasteiger partial charge in [-0.2, -0.15) is 0 Å². The summed E-state index contributed by atoms with van der Waals surface area (Å²) in [5.41, 5.74) is 2.70. The zero-order valence-electron chi connectivity index (χ0n) is 8.50. The molecule has 0 saturated heterocycles. The molecule has 4 nitrogen and oxygen atoms in total. The highest BCUT2D eigenvalue weighted by molar-refractivity contribution is 5.77. The molecule has 0 aliphatic carbocycles. The second kappa shape index (κ2) is 4.63. The summed E-state index contributed by atoms with van der Waals surface area (Å²) in [5.74, 6) is 0. The first kappa shape index (κ1) is 10.4. The van der Waals surface area contributed by atoms with Crippen molar-refractivity contribution in [1.29, 1.82) is 0 Å². The summed E-state index contributed by atoms with van der Waals surface area (Å²) in [6.45, 7) is -0.0813. The van der Waals surface area contributed by atoms with E-state index in [1.807, 2.05) is 6.07 Å². The summed E-state index contributed by atoms with van der Waals surface area (Å²) in [7, 11) is 0. The van der Waals surface area contributed by atoms with Crippen LogP contribution in [0, 0.1) is 0 Å². The fourth-order valence-electron chi connectivity index (χ4n) is 1.35. The van der Waals surface area contributed by atoms with Gasteiger partial charge in [-0.15, -0.1) is 0 Å². The van der Waals surface area contributed by atoms with Crippen LogP contribution in [0.5, 0.6) is 0 Å². The van der Waals surface area contributed by atoms with E-state index < -0.39 is 0 Å². The Morgan fingerprint density at radius 1 is 1.25 bits per heavy atom. The molecule has 0 radical (unpaired) electrons. The molecule has 0 aliphatic rings. The smallest absolute Gasteiger partial charge is 0.150 e. The molecule has 0 aliphatic heterocycles. The van der Waals surface area contributed by atoms with E-state index in [4.69, 9.17) is 5.11 Å². The van der Waals surface area contributed by atoms with Crippen LogP contribution in [-0.4, -0.2) is 21.4 Å². The lowest BCUT2D eigenvalue weighted by molar-refractivity contribution is 0.112. The van der Waals surface area contributed by atoms with Crippen LogP contribution in [0.4, 0.5) is 0 Å². The van der Waals surface area contributed by atoms with E-state index in [1.54, 1.807) is 30.6 Å². The summed E-state index contributed by atoms with van der Waals surface area (Å²) in [4.78, 5) is 18.8. The highest BCUT2D eigenvalue weighted by atomic mass is 16.3. The molecule has 0 saturated carbocycles. The minimum Gasteiger partial charge on any atom is -0.390 e. The van der Waals surface area contributed by atoms with E-state index in [2.05, 4.69) is 9.97 Å². The lowest BCUT2D eigenvalue weighted by Crippen LogP contribution is -1.91. The van der Waals surface area contributed by atoms with Gasteiger partial charge >= 0.3 is 0 Å². The van der Waals surface area contributed by atoms with E-state index in [0.29, 0.717) is 17.0 Å². The summed E-state index contributed by atoms with van der Waals surface area (Å²) in [6, 6.07) is 6.88. The topological polar surface area (TPSA) is 63.1 Å². The molecule has 0 atom stereocenters. The first-order chi connectivity index (χ1) is 7.83. The van der Waals surface area contributed by atoms with Gasteiger partial charge in [0, 0.05) is 23.5 Å². The Morgan fingerprint density at radius 3 is 2.75 bits per heavy atom. The number of pyridine rings is 2. The third-order valence-electron chi connectivity index (χ3n) is 2.20. The van der Waals surface area contributed by atoms with Gasteiger partial charge in [-0.05, 0) is 24.3 Å². The molecule has 0 spiro atoms. The monoisotopic (exact) mass is 214 g/mol. The van der Waals surface area contributed by atoms with Crippen LogP contribution in [-0.2, 0) is 6.61 Å². The van der Waals surface area contributed by atoms with Crippen LogP contribution in [0.3, 0.4) is 0 Å². The van der Waals surface area contributed by atoms with E-state index in [0.717, 1.165) is 11.8 Å². The Kier molecular flexibility index (Phi) is 3.03. The molecule has 16 heavy (non-hydrogen) atoms. The predicted octanol–water partition coefficient (Wildman–Crippen LogP) is 1.45. The first-order valence-corrected chi connectivity index (χ1v) is 4.81. The van der Waals surface area contributed by atoms with Gasteiger partial charge in [-0.1, -0.05) is 0 Å². The molecule has 4 heteroatoms. The first-order valence-electron chi connectivity index (χ1n) is 4.81. The highest BCUT2D eigenvalue weighted by Gasteiger charge is 2.01. The molecule has 2 heterocycles. The Bertz CT molecular complexity index is 495. The number of aliphatic hydroxyl groups excluding tert-OH is 1. The fraction of sp³-hybridized carbons (Fsp3) is 0.0833. The molecule has 1 N–H and O–H groups in total. The number of nitrogens with zero attached hydrogens (tertiary/aromatic N) is 2. The Hall–Kier alpha value is -2.07. The number of aldehydes is 1. The van der Waals surface area contributed by atoms with Gasteiger partial charge < -0.3 is 5.11 Å².